The molecule has 1 fully saturated rings. The first-order chi connectivity index (χ1) is 7.77. The summed E-state index contributed by atoms with van der Waals surface area (Å²) in [5.74, 6) is 1.78. The number of aromatic nitrogens is 1. The van der Waals surface area contributed by atoms with Gasteiger partial charge in [0.05, 0.1) is 5.69 Å². The van der Waals surface area contributed by atoms with Gasteiger partial charge in [0.2, 0.25) is 0 Å². The van der Waals surface area contributed by atoms with Crippen molar-refractivity contribution < 1.29 is 0 Å². The molecule has 0 radical (unpaired) electrons. The first-order valence-electron chi connectivity index (χ1n) is 6.38. The molecule has 0 spiro atoms. The molecule has 1 heterocycles. The van der Waals surface area contributed by atoms with Gasteiger partial charge >= 0.3 is 0 Å². The first-order valence-corrected chi connectivity index (χ1v) is 6.38. The third-order valence-electron chi connectivity index (χ3n) is 3.86. The molecule has 1 N–H and O–H groups in total. The van der Waals surface area contributed by atoms with Gasteiger partial charge in [0.1, 0.15) is 0 Å². The van der Waals surface area contributed by atoms with Crippen molar-refractivity contribution in [1.29, 1.82) is 0 Å². The third kappa shape index (κ3) is 2.82. The van der Waals surface area contributed by atoms with Crippen LogP contribution in [0.15, 0.2) is 18.3 Å². The van der Waals surface area contributed by atoms with Gasteiger partial charge in [-0.15, -0.1) is 0 Å². The summed E-state index contributed by atoms with van der Waals surface area (Å²) in [7, 11) is 0. The largest absolute Gasteiger partial charge is 0.311 e. The lowest BCUT2D eigenvalue weighted by atomic mass is 9.98. The van der Waals surface area contributed by atoms with Crippen LogP contribution in [0.1, 0.15) is 37.4 Å². The van der Waals surface area contributed by atoms with Crippen molar-refractivity contribution >= 4 is 0 Å². The van der Waals surface area contributed by atoms with Gasteiger partial charge in [0, 0.05) is 12.7 Å². The van der Waals surface area contributed by atoms with E-state index in [1.54, 1.807) is 0 Å². The number of hydrogen-bond donors (Lipinski definition) is 1. The maximum absolute atomic E-state index is 4.40. The maximum atomic E-state index is 4.40. The Morgan fingerprint density at radius 3 is 3.00 bits per heavy atom. The highest BCUT2D eigenvalue weighted by molar-refractivity contribution is 5.17. The highest BCUT2D eigenvalue weighted by atomic mass is 14.9. The fourth-order valence-electron chi connectivity index (χ4n) is 2.60. The van der Waals surface area contributed by atoms with Crippen molar-refractivity contribution in [2.24, 2.45) is 11.8 Å². The van der Waals surface area contributed by atoms with Crippen LogP contribution in [0.3, 0.4) is 0 Å². The van der Waals surface area contributed by atoms with E-state index in [1.807, 2.05) is 12.3 Å². The van der Waals surface area contributed by atoms with E-state index < -0.39 is 0 Å². The Morgan fingerprint density at radius 2 is 2.31 bits per heavy atom. The predicted octanol–water partition coefficient (Wildman–Crippen LogP) is 2.92. The summed E-state index contributed by atoms with van der Waals surface area (Å²) in [6.07, 6.45) is 6.10. The quantitative estimate of drug-likeness (QED) is 0.840. The van der Waals surface area contributed by atoms with Gasteiger partial charge in [-0.3, -0.25) is 4.98 Å². The van der Waals surface area contributed by atoms with Gasteiger partial charge in [-0.1, -0.05) is 25.8 Å². The van der Waals surface area contributed by atoms with Crippen LogP contribution in [0.4, 0.5) is 0 Å². The van der Waals surface area contributed by atoms with Crippen molar-refractivity contribution in [2.75, 3.05) is 6.54 Å². The number of aryl methyl sites for hydroxylation is 1. The second-order valence-electron chi connectivity index (χ2n) is 5.07. The summed E-state index contributed by atoms with van der Waals surface area (Å²) >= 11 is 0. The summed E-state index contributed by atoms with van der Waals surface area (Å²) in [6, 6.07) is 4.13. The van der Waals surface area contributed by atoms with E-state index in [0.717, 1.165) is 24.9 Å². The van der Waals surface area contributed by atoms with E-state index >= 15 is 0 Å². The minimum absolute atomic E-state index is 0.879. The zero-order chi connectivity index (χ0) is 11.4. The van der Waals surface area contributed by atoms with Crippen molar-refractivity contribution in [3.8, 4) is 0 Å². The van der Waals surface area contributed by atoms with Crippen LogP contribution in [0.25, 0.3) is 0 Å². The molecule has 1 aliphatic carbocycles. The summed E-state index contributed by atoms with van der Waals surface area (Å²) < 4.78 is 0. The SMILES string of the molecule is Cc1cccnc1CNCC1CCCC1C. The smallest absolute Gasteiger partial charge is 0.0570 e. The predicted molar refractivity (Wildman–Crippen MR) is 67.2 cm³/mol. The molecule has 1 aromatic rings. The minimum Gasteiger partial charge on any atom is -0.311 e. The molecule has 2 nitrogen and oxygen atoms in total. The van der Waals surface area contributed by atoms with Gasteiger partial charge in [-0.05, 0) is 43.4 Å². The molecule has 2 unspecified atom stereocenters. The molecule has 2 heteroatoms. The molecule has 2 atom stereocenters. The second-order valence-corrected chi connectivity index (χ2v) is 5.07. The lowest BCUT2D eigenvalue weighted by Crippen LogP contribution is -2.24. The minimum atomic E-state index is 0.879. The molecule has 2 rings (SSSR count). The zero-order valence-corrected chi connectivity index (χ0v) is 10.4. The summed E-state index contributed by atoms with van der Waals surface area (Å²) in [6.45, 7) is 6.57. The maximum Gasteiger partial charge on any atom is 0.0570 e. The standard InChI is InChI=1S/C14H22N2/c1-11-5-3-7-13(11)9-15-10-14-12(2)6-4-8-16-14/h4,6,8,11,13,15H,3,5,7,9-10H2,1-2H3. The molecule has 16 heavy (non-hydrogen) atoms. The van der Waals surface area contributed by atoms with Crippen molar-refractivity contribution in [2.45, 2.75) is 39.7 Å². The Morgan fingerprint density at radius 1 is 1.44 bits per heavy atom. The van der Waals surface area contributed by atoms with E-state index in [0.29, 0.717) is 0 Å². The van der Waals surface area contributed by atoms with Gasteiger partial charge in [-0.25, -0.2) is 0 Å². The van der Waals surface area contributed by atoms with Crippen molar-refractivity contribution in [3.05, 3.63) is 29.6 Å². The van der Waals surface area contributed by atoms with Crippen LogP contribution in [-0.2, 0) is 6.54 Å². The molecule has 0 bridgehead atoms. The monoisotopic (exact) mass is 218 g/mol. The fraction of sp³-hybridized carbons (Fsp3) is 0.643. The molecule has 0 saturated heterocycles. The molecule has 88 valence electrons. The average molecular weight is 218 g/mol. The van der Waals surface area contributed by atoms with Crippen LogP contribution in [0.5, 0.6) is 0 Å². The van der Waals surface area contributed by atoms with Crippen LogP contribution in [-0.4, -0.2) is 11.5 Å². The first kappa shape index (κ1) is 11.6. The molecule has 1 saturated carbocycles. The average Bonchev–Trinajstić information content (AvgIpc) is 2.67. The van der Waals surface area contributed by atoms with E-state index in [-0.39, 0.29) is 0 Å². The van der Waals surface area contributed by atoms with Crippen molar-refractivity contribution in [3.63, 3.8) is 0 Å². The Kier molecular flexibility index (Phi) is 3.94. The number of nitrogens with one attached hydrogen (secondary N) is 1. The van der Waals surface area contributed by atoms with Crippen LogP contribution >= 0.6 is 0 Å². The Bertz CT molecular complexity index is 335. The van der Waals surface area contributed by atoms with Crippen molar-refractivity contribution in [1.82, 2.24) is 10.3 Å². The summed E-state index contributed by atoms with van der Waals surface area (Å²) in [4.78, 5) is 4.40. The molecular formula is C14H22N2. The van der Waals surface area contributed by atoms with E-state index in [4.69, 9.17) is 0 Å². The lowest BCUT2D eigenvalue weighted by Gasteiger charge is -2.16. The van der Waals surface area contributed by atoms with E-state index in [1.165, 1.54) is 30.5 Å². The second kappa shape index (κ2) is 5.44. The highest BCUT2D eigenvalue weighted by Crippen LogP contribution is 2.30. The summed E-state index contributed by atoms with van der Waals surface area (Å²) in [5, 5.41) is 3.55. The molecule has 0 aliphatic heterocycles. The Hall–Kier alpha value is -0.890. The molecule has 1 aromatic heterocycles. The van der Waals surface area contributed by atoms with Crippen LogP contribution in [0, 0.1) is 18.8 Å². The normalized spacial score (nSPS) is 24.9. The van der Waals surface area contributed by atoms with E-state index in [9.17, 15) is 0 Å². The van der Waals surface area contributed by atoms with Crippen LogP contribution < -0.4 is 5.32 Å². The number of hydrogen-bond acceptors (Lipinski definition) is 2. The third-order valence-corrected chi connectivity index (χ3v) is 3.86. The van der Waals surface area contributed by atoms with Gasteiger partial charge in [0.25, 0.3) is 0 Å². The lowest BCUT2D eigenvalue weighted by molar-refractivity contribution is 0.391. The zero-order valence-electron chi connectivity index (χ0n) is 10.4. The molecule has 1 aliphatic rings. The Balaban J connectivity index is 1.78. The number of rotatable bonds is 4. The van der Waals surface area contributed by atoms with Gasteiger partial charge in [-0.2, -0.15) is 0 Å². The fourth-order valence-corrected chi connectivity index (χ4v) is 2.60. The van der Waals surface area contributed by atoms with E-state index in [2.05, 4.69) is 30.2 Å². The highest BCUT2D eigenvalue weighted by Gasteiger charge is 2.22. The number of nitrogens with zero attached hydrogens (tertiary/aromatic N) is 1. The molecular weight excluding hydrogens is 196 g/mol. The van der Waals surface area contributed by atoms with Gasteiger partial charge in [0.15, 0.2) is 0 Å². The van der Waals surface area contributed by atoms with Crippen LogP contribution in [0.2, 0.25) is 0 Å². The summed E-state index contributed by atoms with van der Waals surface area (Å²) in [5.41, 5.74) is 2.47. The van der Waals surface area contributed by atoms with Gasteiger partial charge < -0.3 is 5.32 Å². The molecule has 0 amide bonds. The molecule has 0 aromatic carbocycles. The topological polar surface area (TPSA) is 24.9 Å². The number of pyridine rings is 1. The Labute approximate surface area is 98.5 Å².